The number of amides is 7. The number of phenols is 1. The first-order chi connectivity index (χ1) is 30.1. The molecular formula is C45H57N9O9. The van der Waals surface area contributed by atoms with Crippen LogP contribution < -0.4 is 38.1 Å². The zero-order valence-corrected chi connectivity index (χ0v) is 35.3. The van der Waals surface area contributed by atoms with Gasteiger partial charge < -0.3 is 58.1 Å². The number of nitrogens with one attached hydrogen (secondary N) is 6. The summed E-state index contributed by atoms with van der Waals surface area (Å²) >= 11 is 0. The van der Waals surface area contributed by atoms with Gasteiger partial charge in [0.2, 0.25) is 41.4 Å². The number of para-hydroxylation sites is 1. The smallest absolute Gasteiger partial charge is 0.245 e. The number of likely N-dealkylation sites (N-methyl/N-ethyl adjacent to an activating group) is 1. The van der Waals surface area contributed by atoms with E-state index in [1.54, 1.807) is 48.7 Å². The van der Waals surface area contributed by atoms with Gasteiger partial charge in [0, 0.05) is 49.8 Å². The minimum absolute atomic E-state index is 0.0407. The number of carbonyl (C=O) groups is 7. The highest BCUT2D eigenvalue weighted by Crippen LogP contribution is 2.21. The highest BCUT2D eigenvalue weighted by molar-refractivity contribution is 5.99. The van der Waals surface area contributed by atoms with Crippen LogP contribution in [0.25, 0.3) is 10.9 Å². The van der Waals surface area contributed by atoms with Gasteiger partial charge in [-0.2, -0.15) is 0 Å². The van der Waals surface area contributed by atoms with Crippen molar-refractivity contribution in [1.29, 1.82) is 0 Å². The molecule has 1 saturated heterocycles. The Hall–Kier alpha value is -6.79. The summed E-state index contributed by atoms with van der Waals surface area (Å²) in [5, 5.41) is 35.1. The number of primary amides is 1. The number of aromatic amines is 1. The van der Waals surface area contributed by atoms with Gasteiger partial charge in [0.1, 0.15) is 42.0 Å². The van der Waals surface area contributed by atoms with E-state index in [1.807, 2.05) is 24.3 Å². The predicted octanol–water partition coefficient (Wildman–Crippen LogP) is -0.0587. The maximum atomic E-state index is 14.6. The number of aromatic nitrogens is 1. The van der Waals surface area contributed by atoms with Gasteiger partial charge in [-0.05, 0) is 74.0 Å². The van der Waals surface area contributed by atoms with Gasteiger partial charge in [-0.25, -0.2) is 0 Å². The molecule has 0 aliphatic carbocycles. The van der Waals surface area contributed by atoms with Crippen molar-refractivity contribution in [3.05, 3.63) is 102 Å². The fraction of sp³-hybridized carbons (Fsp3) is 0.400. The topological polar surface area (TPSA) is 291 Å². The lowest BCUT2D eigenvalue weighted by atomic mass is 9.99. The van der Waals surface area contributed by atoms with E-state index >= 15 is 0 Å². The number of aliphatic hydroxyl groups excluding tert-OH is 1. The van der Waals surface area contributed by atoms with Crippen LogP contribution in [0.3, 0.4) is 0 Å². The number of H-pyrrole nitrogens is 1. The van der Waals surface area contributed by atoms with Crippen LogP contribution in [0, 0.1) is 0 Å². The maximum Gasteiger partial charge on any atom is 0.245 e. The highest BCUT2D eigenvalue weighted by Gasteiger charge is 2.38. The number of aromatic hydroxyl groups is 1. The lowest BCUT2D eigenvalue weighted by Gasteiger charge is -2.33. The van der Waals surface area contributed by atoms with Crippen molar-refractivity contribution in [2.24, 2.45) is 11.5 Å². The molecular weight excluding hydrogens is 811 g/mol. The normalized spacial score (nSPS) is 22.5. The zero-order valence-electron chi connectivity index (χ0n) is 35.3. The van der Waals surface area contributed by atoms with Gasteiger partial charge >= 0.3 is 0 Å². The molecule has 63 heavy (non-hydrogen) atoms. The van der Waals surface area contributed by atoms with Crippen LogP contribution in [-0.4, -0.2) is 117 Å². The summed E-state index contributed by atoms with van der Waals surface area (Å²) in [5.74, 6) is -5.71. The van der Waals surface area contributed by atoms with Crippen molar-refractivity contribution < 1.29 is 43.8 Å². The lowest BCUT2D eigenvalue weighted by molar-refractivity contribution is -0.144. The molecule has 7 amide bonds. The fourth-order valence-corrected chi connectivity index (χ4v) is 7.53. The number of unbranched alkanes of at least 4 members (excludes halogenated alkanes) is 1. The number of hydrogen-bond donors (Lipinski definition) is 10. The Morgan fingerprint density at radius 1 is 0.683 bits per heavy atom. The molecule has 0 spiro atoms. The monoisotopic (exact) mass is 867 g/mol. The van der Waals surface area contributed by atoms with E-state index < -0.39 is 83.7 Å². The van der Waals surface area contributed by atoms with Crippen LogP contribution in [-0.2, 0) is 52.8 Å². The highest BCUT2D eigenvalue weighted by atomic mass is 16.3. The standard InChI is InChI=1S/C45H57N9O9/c1-26(55)39-44(62)52-36(23-27-10-4-3-5-11-27)45(63)54(2)37(19-20-38(47)57)43(61)51-34(22-28-15-17-30(56)18-16-28)41(59)50-35(24-29-25-48-32-13-7-6-12-31(29)32)42(60)49-33(40(58)53-39)14-8-9-21-46/h3-7,10-13,15-18,25-26,33-37,39,48,55-56H,8-9,14,19-24,46H2,1-2H3,(H2,47,57)(H,49,60)(H,50,59)(H,51,61)(H,52,62)(H,53,58)/t26-,33+,34+,35-,36+,37+,39?/m1/s1. The van der Waals surface area contributed by atoms with Gasteiger partial charge in [-0.3, -0.25) is 33.6 Å². The van der Waals surface area contributed by atoms with E-state index in [-0.39, 0.29) is 44.3 Å². The number of fused-ring (bicyclic) bond motifs is 1. The third-order valence-electron chi connectivity index (χ3n) is 11.1. The summed E-state index contributed by atoms with van der Waals surface area (Å²) in [6.07, 6.45) is 0.258. The molecule has 1 unspecified atom stereocenters. The van der Waals surface area contributed by atoms with E-state index in [1.165, 1.54) is 26.1 Å². The third-order valence-corrected chi connectivity index (χ3v) is 11.1. The first kappa shape index (κ1) is 47.3. The largest absolute Gasteiger partial charge is 0.508 e. The second kappa shape index (κ2) is 22.3. The van der Waals surface area contributed by atoms with Crippen LogP contribution in [0.1, 0.15) is 55.7 Å². The number of rotatable bonds is 14. The molecule has 1 aliphatic heterocycles. The Labute approximate surface area is 364 Å². The molecule has 1 fully saturated rings. The molecule has 4 aromatic rings. The van der Waals surface area contributed by atoms with Crippen LogP contribution in [0.4, 0.5) is 0 Å². The summed E-state index contributed by atoms with van der Waals surface area (Å²) in [7, 11) is 1.31. The minimum atomic E-state index is -1.61. The maximum absolute atomic E-state index is 14.6. The number of carbonyl (C=O) groups excluding carboxylic acids is 7. The molecule has 18 heteroatoms. The summed E-state index contributed by atoms with van der Waals surface area (Å²) in [6.45, 7) is 1.58. The van der Waals surface area contributed by atoms with Gasteiger partial charge in [-0.1, -0.05) is 60.7 Å². The number of hydrogen-bond acceptors (Lipinski definition) is 10. The molecule has 0 saturated carbocycles. The minimum Gasteiger partial charge on any atom is -0.508 e. The average molecular weight is 868 g/mol. The van der Waals surface area contributed by atoms with Crippen molar-refractivity contribution >= 4 is 52.3 Å². The molecule has 18 nitrogen and oxygen atoms in total. The predicted molar refractivity (Wildman–Crippen MR) is 233 cm³/mol. The lowest BCUT2D eigenvalue weighted by Crippen LogP contribution is -2.63. The summed E-state index contributed by atoms with van der Waals surface area (Å²) in [6, 6.07) is 13.5. The molecule has 5 rings (SSSR count). The number of benzene rings is 3. The Balaban J connectivity index is 1.62. The van der Waals surface area contributed by atoms with Crippen molar-refractivity contribution in [2.75, 3.05) is 13.6 Å². The first-order valence-corrected chi connectivity index (χ1v) is 21.0. The Morgan fingerprint density at radius 2 is 1.25 bits per heavy atom. The molecule has 336 valence electrons. The van der Waals surface area contributed by atoms with Crippen molar-refractivity contribution in [3.8, 4) is 5.75 Å². The number of nitrogens with zero attached hydrogens (tertiary/aromatic N) is 1. The van der Waals surface area contributed by atoms with E-state index in [0.717, 1.165) is 15.8 Å². The van der Waals surface area contributed by atoms with E-state index in [2.05, 4.69) is 31.6 Å². The number of phenolic OH excluding ortho intramolecular Hbond substituents is 1. The Morgan fingerprint density at radius 3 is 1.92 bits per heavy atom. The van der Waals surface area contributed by atoms with Gasteiger partial charge in [-0.15, -0.1) is 0 Å². The van der Waals surface area contributed by atoms with E-state index in [4.69, 9.17) is 11.5 Å². The Kier molecular flexibility index (Phi) is 16.8. The summed E-state index contributed by atoms with van der Waals surface area (Å²) < 4.78 is 0. The first-order valence-electron chi connectivity index (χ1n) is 21.0. The third kappa shape index (κ3) is 13.1. The molecule has 1 aromatic heterocycles. The molecule has 12 N–H and O–H groups in total. The zero-order chi connectivity index (χ0) is 45.6. The molecule has 2 heterocycles. The van der Waals surface area contributed by atoms with E-state index in [9.17, 15) is 43.8 Å². The van der Waals surface area contributed by atoms with Crippen molar-refractivity contribution in [1.82, 2.24) is 36.5 Å². The second-order valence-corrected chi connectivity index (χ2v) is 15.8. The van der Waals surface area contributed by atoms with E-state index in [0.29, 0.717) is 36.1 Å². The van der Waals surface area contributed by atoms with Crippen LogP contribution in [0.15, 0.2) is 85.1 Å². The number of nitrogens with two attached hydrogens (primary N) is 2. The number of aliphatic hydroxyl groups is 1. The molecule has 3 aromatic carbocycles. The van der Waals surface area contributed by atoms with Crippen LogP contribution in [0.5, 0.6) is 5.75 Å². The van der Waals surface area contributed by atoms with Crippen molar-refractivity contribution in [3.63, 3.8) is 0 Å². The second-order valence-electron chi connectivity index (χ2n) is 15.8. The van der Waals surface area contributed by atoms with Gasteiger partial charge in [0.25, 0.3) is 0 Å². The molecule has 1 aliphatic rings. The Bertz CT molecular complexity index is 2230. The van der Waals surface area contributed by atoms with Crippen LogP contribution >= 0.6 is 0 Å². The molecule has 0 radical (unpaired) electrons. The quantitative estimate of drug-likeness (QED) is 0.0754. The van der Waals surface area contributed by atoms with Crippen molar-refractivity contribution in [2.45, 2.75) is 101 Å². The van der Waals surface area contributed by atoms with Gasteiger partial charge in [0.15, 0.2) is 0 Å². The fourth-order valence-electron chi connectivity index (χ4n) is 7.53. The van der Waals surface area contributed by atoms with Gasteiger partial charge in [0.05, 0.1) is 6.10 Å². The SMILES string of the molecule is C[C@@H](O)C1NC(=O)[C@H](CCCCN)NC(=O)[C@@H](Cc2c[nH]c3ccccc23)NC(=O)[C@H](Cc2ccc(O)cc2)NC(=O)[C@H](CCC(N)=O)N(C)C(=O)[C@H](Cc2ccccc2)NC1=O. The summed E-state index contributed by atoms with van der Waals surface area (Å²) in [5.41, 5.74) is 13.8. The van der Waals surface area contributed by atoms with Crippen LogP contribution in [0.2, 0.25) is 0 Å². The molecule has 0 bridgehead atoms. The summed E-state index contributed by atoms with van der Waals surface area (Å²) in [4.78, 5) is 103. The average Bonchev–Trinajstić information content (AvgIpc) is 3.67. The molecule has 7 atom stereocenters.